The van der Waals surface area contributed by atoms with Gasteiger partial charge in [0.1, 0.15) is 5.82 Å². The topological polar surface area (TPSA) is 55.4 Å². The summed E-state index contributed by atoms with van der Waals surface area (Å²) in [7, 11) is 0. The summed E-state index contributed by atoms with van der Waals surface area (Å²) in [5.41, 5.74) is 2.54. The Morgan fingerprint density at radius 2 is 1.75 bits per heavy atom. The first kappa shape index (κ1) is 20.7. The normalized spacial score (nSPS) is 15.2. The van der Waals surface area contributed by atoms with Gasteiger partial charge in [-0.2, -0.15) is 0 Å². The zero-order chi connectivity index (χ0) is 19.9. The summed E-state index contributed by atoms with van der Waals surface area (Å²) in [6, 6.07) is 13.5. The summed E-state index contributed by atoms with van der Waals surface area (Å²) in [5, 5.41) is 2.73. The summed E-state index contributed by atoms with van der Waals surface area (Å²) >= 11 is 3.81. The molecule has 0 unspecified atom stereocenters. The lowest BCUT2D eigenvalue weighted by Gasteiger charge is -2.14. The van der Waals surface area contributed by atoms with Crippen molar-refractivity contribution in [1.29, 1.82) is 0 Å². The van der Waals surface area contributed by atoms with E-state index in [2.05, 4.69) is 5.32 Å². The number of rotatable bonds is 7. The van der Waals surface area contributed by atoms with Crippen molar-refractivity contribution in [1.82, 2.24) is 5.32 Å². The molecule has 1 aliphatic rings. The maximum atomic E-state index is 12.9. The van der Waals surface area contributed by atoms with Crippen LogP contribution in [0.3, 0.4) is 0 Å². The van der Waals surface area contributed by atoms with Crippen molar-refractivity contribution in [3.63, 3.8) is 0 Å². The van der Waals surface area contributed by atoms with Crippen molar-refractivity contribution >= 4 is 35.4 Å². The Balaban J connectivity index is 1.44. The predicted molar refractivity (Wildman–Crippen MR) is 112 cm³/mol. The highest BCUT2D eigenvalue weighted by Crippen LogP contribution is 2.45. The van der Waals surface area contributed by atoms with E-state index in [0.29, 0.717) is 23.1 Å². The van der Waals surface area contributed by atoms with Gasteiger partial charge in [0.2, 0.25) is 0 Å². The lowest BCUT2D eigenvalue weighted by atomic mass is 10.1. The van der Waals surface area contributed by atoms with E-state index < -0.39 is 12.1 Å². The molecule has 2 aromatic rings. The van der Waals surface area contributed by atoms with E-state index in [9.17, 15) is 14.0 Å². The molecule has 3 rings (SSSR count). The molecule has 1 atom stereocenters. The van der Waals surface area contributed by atoms with Gasteiger partial charge in [-0.15, -0.1) is 23.5 Å². The second-order valence-corrected chi connectivity index (χ2v) is 9.13. The zero-order valence-corrected chi connectivity index (χ0v) is 17.2. The van der Waals surface area contributed by atoms with Crippen molar-refractivity contribution in [2.75, 3.05) is 18.1 Å². The number of amides is 1. The highest BCUT2D eigenvalue weighted by molar-refractivity contribution is 8.19. The minimum atomic E-state index is -0.888. The first-order valence-electron chi connectivity index (χ1n) is 9.09. The van der Waals surface area contributed by atoms with Crippen LogP contribution in [0.2, 0.25) is 0 Å². The second kappa shape index (κ2) is 9.98. The Morgan fingerprint density at radius 1 is 1.11 bits per heavy atom. The maximum absolute atomic E-state index is 12.9. The number of nitrogens with one attached hydrogen (secondary N) is 1. The quantitative estimate of drug-likeness (QED) is 0.682. The van der Waals surface area contributed by atoms with Gasteiger partial charge in [-0.05, 0) is 48.7 Å². The predicted octanol–water partition coefficient (Wildman–Crippen LogP) is 4.21. The SMILES string of the molecule is C[C@@H](OC(=O)c1ccc(C2SCCS2)cc1)C(=O)NCCc1ccc(F)cc1. The van der Waals surface area contributed by atoms with Crippen LogP contribution in [0.1, 0.15) is 33.0 Å². The van der Waals surface area contributed by atoms with Crippen molar-refractivity contribution < 1.29 is 18.7 Å². The first-order chi connectivity index (χ1) is 13.5. The molecule has 2 aromatic carbocycles. The van der Waals surface area contributed by atoms with Gasteiger partial charge < -0.3 is 10.1 Å². The van der Waals surface area contributed by atoms with Crippen LogP contribution in [0.25, 0.3) is 0 Å². The van der Waals surface area contributed by atoms with Crippen molar-refractivity contribution in [3.8, 4) is 0 Å². The van der Waals surface area contributed by atoms with E-state index >= 15 is 0 Å². The second-order valence-electron chi connectivity index (χ2n) is 6.41. The molecule has 0 aliphatic carbocycles. The molecule has 1 N–H and O–H groups in total. The molecular formula is C21H22FNO3S2. The molecule has 0 spiro atoms. The molecule has 4 nitrogen and oxygen atoms in total. The Labute approximate surface area is 172 Å². The lowest BCUT2D eigenvalue weighted by molar-refractivity contribution is -0.129. The van der Waals surface area contributed by atoms with Crippen LogP contribution in [0, 0.1) is 5.82 Å². The van der Waals surface area contributed by atoms with Crippen molar-refractivity contribution in [2.24, 2.45) is 0 Å². The molecule has 28 heavy (non-hydrogen) atoms. The zero-order valence-electron chi connectivity index (χ0n) is 15.5. The number of halogens is 1. The van der Waals surface area contributed by atoms with Crippen LogP contribution in [-0.4, -0.2) is 36.0 Å². The van der Waals surface area contributed by atoms with Gasteiger partial charge >= 0.3 is 5.97 Å². The van der Waals surface area contributed by atoms with Crippen molar-refractivity contribution in [3.05, 3.63) is 71.0 Å². The molecular weight excluding hydrogens is 397 g/mol. The van der Waals surface area contributed by atoms with E-state index in [-0.39, 0.29) is 11.7 Å². The van der Waals surface area contributed by atoms with E-state index in [1.807, 2.05) is 35.7 Å². The van der Waals surface area contributed by atoms with Crippen LogP contribution in [-0.2, 0) is 16.0 Å². The molecule has 1 heterocycles. The fourth-order valence-electron chi connectivity index (χ4n) is 2.73. The summed E-state index contributed by atoms with van der Waals surface area (Å²) in [6.07, 6.45) is -0.313. The van der Waals surface area contributed by atoms with Crippen LogP contribution in [0.5, 0.6) is 0 Å². The highest BCUT2D eigenvalue weighted by Gasteiger charge is 2.21. The third-order valence-corrected chi connectivity index (χ3v) is 7.42. The average Bonchev–Trinajstić information content (AvgIpc) is 3.24. The van der Waals surface area contributed by atoms with Gasteiger partial charge in [0.15, 0.2) is 6.10 Å². The van der Waals surface area contributed by atoms with E-state index in [4.69, 9.17) is 4.74 Å². The highest BCUT2D eigenvalue weighted by atomic mass is 32.2. The van der Waals surface area contributed by atoms with Gasteiger partial charge in [0, 0.05) is 18.1 Å². The Morgan fingerprint density at radius 3 is 2.39 bits per heavy atom. The van der Waals surface area contributed by atoms with Gasteiger partial charge in [0.05, 0.1) is 10.1 Å². The van der Waals surface area contributed by atoms with Crippen LogP contribution >= 0.6 is 23.5 Å². The molecule has 1 aliphatic heterocycles. The Kier molecular flexibility index (Phi) is 7.39. The largest absolute Gasteiger partial charge is 0.449 e. The Bertz CT molecular complexity index is 805. The van der Waals surface area contributed by atoms with E-state index in [1.54, 1.807) is 31.2 Å². The number of thioether (sulfide) groups is 2. The molecule has 0 aromatic heterocycles. The summed E-state index contributed by atoms with van der Waals surface area (Å²) in [5.74, 6) is 1.13. The lowest BCUT2D eigenvalue weighted by Crippen LogP contribution is -2.36. The fraction of sp³-hybridized carbons (Fsp3) is 0.333. The molecule has 1 amide bonds. The smallest absolute Gasteiger partial charge is 0.338 e. The fourth-order valence-corrected chi connectivity index (χ4v) is 5.59. The third kappa shape index (κ3) is 5.75. The first-order valence-corrected chi connectivity index (χ1v) is 11.2. The summed E-state index contributed by atoms with van der Waals surface area (Å²) in [6.45, 7) is 1.93. The number of hydrogen-bond acceptors (Lipinski definition) is 5. The van der Waals surface area contributed by atoms with E-state index in [0.717, 1.165) is 17.1 Å². The minimum Gasteiger partial charge on any atom is -0.449 e. The average molecular weight is 420 g/mol. The number of benzene rings is 2. The number of carbonyl (C=O) groups excluding carboxylic acids is 2. The van der Waals surface area contributed by atoms with Crippen LogP contribution < -0.4 is 5.32 Å². The number of ether oxygens (including phenoxy) is 1. The standard InChI is InChI=1S/C21H22FNO3S2/c1-14(19(24)23-11-10-15-2-8-18(22)9-3-15)26-20(25)16-4-6-17(7-5-16)21-27-12-13-28-21/h2-9,14,21H,10-13H2,1H3,(H,23,24)/t14-/m1/s1. The molecule has 0 saturated carbocycles. The molecule has 7 heteroatoms. The third-order valence-electron chi connectivity index (χ3n) is 4.32. The van der Waals surface area contributed by atoms with Crippen LogP contribution in [0.4, 0.5) is 4.39 Å². The molecule has 0 radical (unpaired) electrons. The van der Waals surface area contributed by atoms with Gasteiger partial charge in [-0.3, -0.25) is 4.79 Å². The number of carbonyl (C=O) groups is 2. The van der Waals surface area contributed by atoms with E-state index in [1.165, 1.54) is 17.7 Å². The summed E-state index contributed by atoms with van der Waals surface area (Å²) < 4.78 is 18.6. The molecule has 1 fully saturated rings. The number of hydrogen-bond donors (Lipinski definition) is 1. The maximum Gasteiger partial charge on any atom is 0.338 e. The monoisotopic (exact) mass is 419 g/mol. The van der Waals surface area contributed by atoms with Gasteiger partial charge in [-0.1, -0.05) is 24.3 Å². The van der Waals surface area contributed by atoms with Crippen LogP contribution in [0.15, 0.2) is 48.5 Å². The summed E-state index contributed by atoms with van der Waals surface area (Å²) in [4.78, 5) is 24.4. The Hall–Kier alpha value is -1.99. The van der Waals surface area contributed by atoms with Crippen molar-refractivity contribution in [2.45, 2.75) is 24.0 Å². The minimum absolute atomic E-state index is 0.290. The van der Waals surface area contributed by atoms with Gasteiger partial charge in [0.25, 0.3) is 5.91 Å². The number of esters is 1. The molecule has 0 bridgehead atoms. The molecule has 1 saturated heterocycles. The van der Waals surface area contributed by atoms with Gasteiger partial charge in [-0.25, -0.2) is 9.18 Å². The molecule has 148 valence electrons.